The number of aromatic nitrogens is 2. The summed E-state index contributed by atoms with van der Waals surface area (Å²) in [6.45, 7) is 11.7. The van der Waals surface area contributed by atoms with E-state index in [-0.39, 0.29) is 11.8 Å². The number of carbonyl (C=O) groups is 2. The maximum absolute atomic E-state index is 12.6. The van der Waals surface area contributed by atoms with Crippen LogP contribution in [0.1, 0.15) is 27.2 Å². The molecule has 0 unspecified atom stereocenters. The van der Waals surface area contributed by atoms with Crippen molar-refractivity contribution < 1.29 is 9.59 Å². The summed E-state index contributed by atoms with van der Waals surface area (Å²) in [6.07, 6.45) is 2.32. The lowest BCUT2D eigenvalue weighted by atomic mass is 10.1. The molecule has 3 aromatic rings. The molecule has 38 heavy (non-hydrogen) atoms. The summed E-state index contributed by atoms with van der Waals surface area (Å²) in [5.74, 6) is 0.663. The molecule has 0 aliphatic carbocycles. The molecule has 2 N–H and O–H groups in total. The third-order valence-electron chi connectivity index (χ3n) is 6.81. The Kier molecular flexibility index (Phi) is 9.26. The Morgan fingerprint density at radius 2 is 1.55 bits per heavy atom. The fourth-order valence-electron chi connectivity index (χ4n) is 4.56. The number of hydrogen-bond donors (Lipinski definition) is 2. The van der Waals surface area contributed by atoms with E-state index >= 15 is 0 Å². The molecule has 1 fully saturated rings. The van der Waals surface area contributed by atoms with Crippen LogP contribution in [0.2, 0.25) is 0 Å². The second-order valence-electron chi connectivity index (χ2n) is 9.34. The van der Waals surface area contributed by atoms with Crippen molar-refractivity contribution in [3.8, 4) is 11.3 Å². The molecule has 1 aliphatic heterocycles. The topological polar surface area (TPSA) is 93.7 Å². The van der Waals surface area contributed by atoms with Gasteiger partial charge in [-0.05, 0) is 55.6 Å². The summed E-state index contributed by atoms with van der Waals surface area (Å²) in [5.41, 5.74) is 4.51. The second-order valence-corrected chi connectivity index (χ2v) is 9.34. The smallest absolute Gasteiger partial charge is 0.227 e. The van der Waals surface area contributed by atoms with Crippen LogP contribution in [-0.4, -0.2) is 77.4 Å². The molecule has 0 bridgehead atoms. The van der Waals surface area contributed by atoms with Gasteiger partial charge < -0.3 is 25.3 Å². The Morgan fingerprint density at radius 3 is 2.18 bits per heavy atom. The molecular formula is C29H37N7O2. The van der Waals surface area contributed by atoms with Gasteiger partial charge in [-0.3, -0.25) is 9.59 Å². The van der Waals surface area contributed by atoms with E-state index in [1.807, 2.05) is 47.4 Å². The van der Waals surface area contributed by atoms with Crippen molar-refractivity contribution in [2.45, 2.75) is 27.2 Å². The predicted octanol–water partition coefficient (Wildman–Crippen LogP) is 4.23. The Balaban J connectivity index is 1.30. The van der Waals surface area contributed by atoms with Gasteiger partial charge in [-0.25, -0.2) is 9.97 Å². The Hall–Kier alpha value is -3.98. The van der Waals surface area contributed by atoms with E-state index in [1.165, 1.54) is 6.92 Å². The summed E-state index contributed by atoms with van der Waals surface area (Å²) in [4.78, 5) is 39.4. The number of anilines is 4. The summed E-state index contributed by atoms with van der Waals surface area (Å²) in [7, 11) is 0. The first-order chi connectivity index (χ1) is 18.4. The molecule has 9 nitrogen and oxygen atoms in total. The van der Waals surface area contributed by atoms with Crippen LogP contribution in [0.3, 0.4) is 0 Å². The SMILES string of the molecule is CCN(CC)CCC(=O)N1CCN(c2ccc(Nc3nccc(-c4ccc(NC(C)=O)cc4)n3)cc2)CC1. The Labute approximate surface area is 224 Å². The van der Waals surface area contributed by atoms with Crippen LogP contribution in [0.4, 0.5) is 23.0 Å². The van der Waals surface area contributed by atoms with Gasteiger partial charge in [0.2, 0.25) is 17.8 Å². The predicted molar refractivity (Wildman–Crippen MR) is 153 cm³/mol. The van der Waals surface area contributed by atoms with E-state index in [9.17, 15) is 9.59 Å². The van der Waals surface area contributed by atoms with Gasteiger partial charge in [0.15, 0.2) is 0 Å². The number of amides is 2. The van der Waals surface area contributed by atoms with Crippen molar-refractivity contribution in [2.24, 2.45) is 0 Å². The van der Waals surface area contributed by atoms with Gasteiger partial charge in [-0.2, -0.15) is 0 Å². The van der Waals surface area contributed by atoms with E-state index < -0.39 is 0 Å². The van der Waals surface area contributed by atoms with Gasteiger partial charge in [0.25, 0.3) is 0 Å². The highest BCUT2D eigenvalue weighted by molar-refractivity contribution is 5.88. The molecule has 1 aromatic heterocycles. The molecule has 0 spiro atoms. The lowest BCUT2D eigenvalue weighted by Crippen LogP contribution is -2.49. The summed E-state index contributed by atoms with van der Waals surface area (Å²) < 4.78 is 0. The number of benzene rings is 2. The number of rotatable bonds is 10. The maximum Gasteiger partial charge on any atom is 0.227 e. The fourth-order valence-corrected chi connectivity index (χ4v) is 4.56. The van der Waals surface area contributed by atoms with Gasteiger partial charge in [0, 0.05) is 74.9 Å². The molecule has 200 valence electrons. The zero-order valence-corrected chi connectivity index (χ0v) is 22.5. The van der Waals surface area contributed by atoms with E-state index in [0.717, 1.165) is 74.1 Å². The van der Waals surface area contributed by atoms with Crippen molar-refractivity contribution in [1.29, 1.82) is 0 Å². The molecule has 2 amide bonds. The van der Waals surface area contributed by atoms with Crippen molar-refractivity contribution in [3.05, 3.63) is 60.8 Å². The normalized spacial score (nSPS) is 13.5. The molecule has 2 aromatic carbocycles. The Morgan fingerprint density at radius 1 is 0.895 bits per heavy atom. The van der Waals surface area contributed by atoms with Gasteiger partial charge in [-0.15, -0.1) is 0 Å². The van der Waals surface area contributed by atoms with E-state index in [4.69, 9.17) is 0 Å². The maximum atomic E-state index is 12.6. The zero-order valence-electron chi connectivity index (χ0n) is 22.5. The standard InChI is InChI=1S/C29H37N7O2/c1-4-34(5-2)17-15-28(38)36-20-18-35(19-21-36)26-12-10-25(11-13-26)32-29-30-16-14-27(33-29)23-6-8-24(9-7-23)31-22(3)37/h6-14,16H,4-5,15,17-21H2,1-3H3,(H,31,37)(H,30,32,33). The van der Waals surface area contributed by atoms with Crippen molar-refractivity contribution >= 4 is 34.8 Å². The van der Waals surface area contributed by atoms with Crippen molar-refractivity contribution in [1.82, 2.24) is 19.8 Å². The third-order valence-corrected chi connectivity index (χ3v) is 6.81. The van der Waals surface area contributed by atoms with Crippen LogP contribution in [0.25, 0.3) is 11.3 Å². The lowest BCUT2D eigenvalue weighted by Gasteiger charge is -2.36. The minimum Gasteiger partial charge on any atom is -0.368 e. The highest BCUT2D eigenvalue weighted by atomic mass is 16.2. The molecule has 1 aliphatic rings. The van der Waals surface area contributed by atoms with E-state index in [2.05, 4.69) is 56.4 Å². The van der Waals surface area contributed by atoms with Crippen molar-refractivity contribution in [2.75, 3.05) is 61.3 Å². The minimum atomic E-state index is -0.101. The van der Waals surface area contributed by atoms with Gasteiger partial charge in [0.05, 0.1) is 5.69 Å². The van der Waals surface area contributed by atoms with Crippen LogP contribution in [0.15, 0.2) is 60.8 Å². The number of hydrogen-bond acceptors (Lipinski definition) is 7. The number of nitrogens with zero attached hydrogens (tertiary/aromatic N) is 5. The number of carbonyl (C=O) groups excluding carboxylic acids is 2. The zero-order chi connectivity index (χ0) is 26.9. The molecule has 9 heteroatoms. The van der Waals surface area contributed by atoms with Gasteiger partial charge in [0.1, 0.15) is 0 Å². The van der Waals surface area contributed by atoms with Crippen LogP contribution in [-0.2, 0) is 9.59 Å². The lowest BCUT2D eigenvalue weighted by molar-refractivity contribution is -0.131. The molecule has 0 atom stereocenters. The molecule has 0 radical (unpaired) electrons. The van der Waals surface area contributed by atoms with E-state index in [0.29, 0.717) is 12.4 Å². The first-order valence-electron chi connectivity index (χ1n) is 13.3. The summed E-state index contributed by atoms with van der Waals surface area (Å²) in [5, 5.41) is 6.05. The summed E-state index contributed by atoms with van der Waals surface area (Å²) >= 11 is 0. The average Bonchev–Trinajstić information content (AvgIpc) is 2.94. The first-order valence-corrected chi connectivity index (χ1v) is 13.3. The largest absolute Gasteiger partial charge is 0.368 e. The van der Waals surface area contributed by atoms with Crippen LogP contribution in [0, 0.1) is 0 Å². The molecule has 1 saturated heterocycles. The first kappa shape index (κ1) is 27.1. The number of piperazine rings is 1. The molecular weight excluding hydrogens is 478 g/mol. The second kappa shape index (κ2) is 13.0. The number of nitrogens with one attached hydrogen (secondary N) is 2. The Bertz CT molecular complexity index is 1200. The highest BCUT2D eigenvalue weighted by Crippen LogP contribution is 2.24. The van der Waals surface area contributed by atoms with Crippen LogP contribution in [0.5, 0.6) is 0 Å². The minimum absolute atomic E-state index is 0.101. The third kappa shape index (κ3) is 7.29. The molecule has 2 heterocycles. The fraction of sp³-hybridized carbons (Fsp3) is 0.379. The highest BCUT2D eigenvalue weighted by Gasteiger charge is 2.21. The molecule has 0 saturated carbocycles. The van der Waals surface area contributed by atoms with E-state index in [1.54, 1.807) is 6.20 Å². The average molecular weight is 516 g/mol. The van der Waals surface area contributed by atoms with Crippen LogP contribution >= 0.6 is 0 Å². The van der Waals surface area contributed by atoms with Gasteiger partial charge >= 0.3 is 0 Å². The molecule has 4 rings (SSSR count). The summed E-state index contributed by atoms with van der Waals surface area (Å²) in [6, 6.07) is 17.6. The van der Waals surface area contributed by atoms with Gasteiger partial charge in [-0.1, -0.05) is 26.0 Å². The van der Waals surface area contributed by atoms with Crippen LogP contribution < -0.4 is 15.5 Å². The quantitative estimate of drug-likeness (QED) is 0.417. The van der Waals surface area contributed by atoms with Crippen molar-refractivity contribution in [3.63, 3.8) is 0 Å². The monoisotopic (exact) mass is 515 g/mol.